The zero-order valence-electron chi connectivity index (χ0n) is 19.6. The van der Waals surface area contributed by atoms with Crippen LogP contribution in [0.1, 0.15) is 27.2 Å². The fourth-order valence-electron chi connectivity index (χ4n) is 4.26. The van der Waals surface area contributed by atoms with Gasteiger partial charge in [0.1, 0.15) is 0 Å². The average Bonchev–Trinajstić information content (AvgIpc) is 2.80. The Labute approximate surface area is 193 Å². The standard InChI is InChI=1S/C26H35N3O2Si/c1-6-22(21-28-29-27)23(17-19-30-5)18-20-31-32(26(2,3)4,24-13-9-7-10-14-24)25-15-11-8-12-16-25/h6-17,19,22-23H,1,18,20-21H2,2-5H3/b19-17+/t22-,23+/m0/s1. The summed E-state index contributed by atoms with van der Waals surface area (Å²) in [7, 11) is -0.953. The number of hydrogen-bond donors (Lipinski definition) is 0. The number of azide groups is 1. The fourth-order valence-corrected chi connectivity index (χ4v) is 8.84. The van der Waals surface area contributed by atoms with Gasteiger partial charge >= 0.3 is 0 Å². The Kier molecular flexibility index (Phi) is 9.79. The lowest BCUT2D eigenvalue weighted by atomic mass is 9.90. The smallest absolute Gasteiger partial charge is 0.261 e. The summed E-state index contributed by atoms with van der Waals surface area (Å²) in [6.45, 7) is 11.7. The first-order valence-corrected chi connectivity index (χ1v) is 12.9. The van der Waals surface area contributed by atoms with E-state index in [0.717, 1.165) is 6.42 Å². The number of rotatable bonds is 12. The summed E-state index contributed by atoms with van der Waals surface area (Å²) in [5.74, 6) is 0.108. The van der Waals surface area contributed by atoms with E-state index in [0.29, 0.717) is 13.2 Å². The molecule has 0 N–H and O–H groups in total. The van der Waals surface area contributed by atoms with Crippen molar-refractivity contribution in [3.8, 4) is 0 Å². The Bertz CT molecular complexity index is 864. The second kappa shape index (κ2) is 12.3. The summed E-state index contributed by atoms with van der Waals surface area (Å²) < 4.78 is 12.2. The van der Waals surface area contributed by atoms with E-state index in [9.17, 15) is 0 Å². The molecule has 0 aliphatic rings. The highest BCUT2D eigenvalue weighted by Crippen LogP contribution is 2.37. The lowest BCUT2D eigenvalue weighted by molar-refractivity contribution is 0.258. The molecule has 0 radical (unpaired) electrons. The quantitative estimate of drug-likeness (QED) is 0.102. The lowest BCUT2D eigenvalue weighted by Gasteiger charge is -2.43. The molecule has 5 nitrogen and oxygen atoms in total. The van der Waals surface area contributed by atoms with Gasteiger partial charge in [0.2, 0.25) is 0 Å². The van der Waals surface area contributed by atoms with E-state index >= 15 is 0 Å². The maximum absolute atomic E-state index is 8.76. The number of benzene rings is 2. The third kappa shape index (κ3) is 6.13. The Morgan fingerprint density at radius 3 is 2.03 bits per heavy atom. The molecule has 2 aromatic carbocycles. The fraction of sp³-hybridized carbons (Fsp3) is 0.385. The van der Waals surface area contributed by atoms with Gasteiger partial charge in [-0.2, -0.15) is 0 Å². The van der Waals surface area contributed by atoms with Gasteiger partial charge in [-0.25, -0.2) is 0 Å². The monoisotopic (exact) mass is 449 g/mol. The molecule has 170 valence electrons. The van der Waals surface area contributed by atoms with Crippen LogP contribution in [0.25, 0.3) is 10.4 Å². The first kappa shape index (κ1) is 25.5. The van der Waals surface area contributed by atoms with Gasteiger partial charge in [0.15, 0.2) is 0 Å². The van der Waals surface area contributed by atoms with E-state index in [2.05, 4.69) is 85.9 Å². The summed E-state index contributed by atoms with van der Waals surface area (Å²) in [5.41, 5.74) is 8.76. The van der Waals surface area contributed by atoms with Crippen molar-refractivity contribution in [3.05, 3.63) is 96.1 Å². The van der Waals surface area contributed by atoms with Gasteiger partial charge in [-0.3, -0.25) is 0 Å². The predicted molar refractivity (Wildman–Crippen MR) is 136 cm³/mol. The van der Waals surface area contributed by atoms with Crippen LogP contribution in [-0.2, 0) is 9.16 Å². The van der Waals surface area contributed by atoms with Crippen LogP contribution in [0.5, 0.6) is 0 Å². The molecule has 0 aliphatic heterocycles. The van der Waals surface area contributed by atoms with Crippen molar-refractivity contribution in [2.45, 2.75) is 32.2 Å². The molecule has 0 spiro atoms. The highest BCUT2D eigenvalue weighted by molar-refractivity contribution is 6.99. The van der Waals surface area contributed by atoms with Crippen molar-refractivity contribution in [2.75, 3.05) is 20.3 Å². The molecule has 0 heterocycles. The summed E-state index contributed by atoms with van der Waals surface area (Å²) in [6.07, 6.45) is 6.30. The van der Waals surface area contributed by atoms with E-state index in [1.807, 2.05) is 24.3 Å². The van der Waals surface area contributed by atoms with Crippen LogP contribution in [0.15, 0.2) is 90.8 Å². The molecule has 2 atom stereocenters. The number of nitrogens with zero attached hydrogens (tertiary/aromatic N) is 3. The van der Waals surface area contributed by atoms with Gasteiger partial charge in [0, 0.05) is 18.1 Å². The molecular formula is C26H35N3O2Si. The third-order valence-corrected chi connectivity index (χ3v) is 10.9. The first-order valence-electron chi connectivity index (χ1n) is 11.0. The molecule has 0 fully saturated rings. The third-order valence-electron chi connectivity index (χ3n) is 5.86. The molecule has 2 rings (SSSR count). The summed E-state index contributed by atoms with van der Waals surface area (Å²) in [5, 5.41) is 6.22. The molecule has 0 unspecified atom stereocenters. The normalized spacial score (nSPS) is 13.9. The maximum Gasteiger partial charge on any atom is 0.261 e. The van der Waals surface area contributed by atoms with Crippen LogP contribution < -0.4 is 10.4 Å². The highest BCUT2D eigenvalue weighted by Gasteiger charge is 2.50. The second-order valence-electron chi connectivity index (χ2n) is 8.84. The molecule has 0 saturated heterocycles. The second-order valence-corrected chi connectivity index (χ2v) is 13.1. The Morgan fingerprint density at radius 2 is 1.59 bits per heavy atom. The minimum atomic E-state index is -2.58. The predicted octanol–water partition coefficient (Wildman–Crippen LogP) is 5.84. The topological polar surface area (TPSA) is 67.2 Å². The summed E-state index contributed by atoms with van der Waals surface area (Å²) >= 11 is 0. The van der Waals surface area contributed by atoms with Crippen molar-refractivity contribution < 1.29 is 9.16 Å². The Balaban J connectivity index is 2.40. The maximum atomic E-state index is 8.76. The van der Waals surface area contributed by atoms with Crippen molar-refractivity contribution in [1.82, 2.24) is 0 Å². The molecule has 2 aromatic rings. The average molecular weight is 450 g/mol. The molecule has 0 amide bonds. The van der Waals surface area contributed by atoms with Crippen LogP contribution in [0.4, 0.5) is 0 Å². The van der Waals surface area contributed by atoms with Gasteiger partial charge < -0.3 is 9.16 Å². The van der Waals surface area contributed by atoms with Gasteiger partial charge in [-0.1, -0.05) is 92.6 Å². The van der Waals surface area contributed by atoms with Gasteiger partial charge in [0.05, 0.1) is 13.4 Å². The number of methoxy groups -OCH3 is 1. The largest absolute Gasteiger partial charge is 0.505 e. The van der Waals surface area contributed by atoms with E-state index in [1.165, 1.54) is 10.4 Å². The van der Waals surface area contributed by atoms with Gasteiger partial charge in [-0.05, 0) is 45.3 Å². The number of allylic oxidation sites excluding steroid dienone is 1. The Hall–Kier alpha value is -2.79. The van der Waals surface area contributed by atoms with Gasteiger partial charge in [0.25, 0.3) is 8.32 Å². The van der Waals surface area contributed by atoms with Gasteiger partial charge in [-0.15, -0.1) is 6.58 Å². The van der Waals surface area contributed by atoms with E-state index in [-0.39, 0.29) is 16.9 Å². The summed E-state index contributed by atoms with van der Waals surface area (Å²) in [6, 6.07) is 21.2. The van der Waals surface area contributed by atoms with Crippen LogP contribution in [0.2, 0.25) is 5.04 Å². The Morgan fingerprint density at radius 1 is 1.03 bits per heavy atom. The molecule has 0 bridgehead atoms. The minimum absolute atomic E-state index is 0.0139. The number of ether oxygens (including phenoxy) is 1. The van der Waals surface area contributed by atoms with Crippen LogP contribution in [0.3, 0.4) is 0 Å². The van der Waals surface area contributed by atoms with Crippen LogP contribution in [0, 0.1) is 11.8 Å². The molecule has 32 heavy (non-hydrogen) atoms. The highest BCUT2D eigenvalue weighted by atomic mass is 28.4. The molecule has 6 heteroatoms. The molecule has 0 saturated carbocycles. The molecule has 0 aliphatic carbocycles. The van der Waals surface area contributed by atoms with Crippen LogP contribution in [-0.4, -0.2) is 28.6 Å². The van der Waals surface area contributed by atoms with Crippen molar-refractivity contribution in [1.29, 1.82) is 0 Å². The van der Waals surface area contributed by atoms with Crippen LogP contribution >= 0.6 is 0 Å². The minimum Gasteiger partial charge on any atom is -0.505 e. The lowest BCUT2D eigenvalue weighted by Crippen LogP contribution is -2.66. The van der Waals surface area contributed by atoms with Crippen molar-refractivity contribution in [2.24, 2.45) is 17.0 Å². The zero-order chi connectivity index (χ0) is 23.5. The van der Waals surface area contributed by atoms with E-state index < -0.39 is 8.32 Å². The summed E-state index contributed by atoms with van der Waals surface area (Å²) in [4.78, 5) is 2.91. The first-order chi connectivity index (χ1) is 15.4. The van der Waals surface area contributed by atoms with Crippen molar-refractivity contribution >= 4 is 18.7 Å². The zero-order valence-corrected chi connectivity index (χ0v) is 20.6. The SMILES string of the molecule is C=C[C@@H](CN=[N+]=[N-])[C@H](/C=C/OC)CCO[Si](c1ccccc1)(c1ccccc1)C(C)(C)C. The molecule has 0 aromatic heterocycles. The van der Waals surface area contributed by atoms with E-state index in [1.54, 1.807) is 13.4 Å². The number of hydrogen-bond acceptors (Lipinski definition) is 3. The van der Waals surface area contributed by atoms with Crippen molar-refractivity contribution in [3.63, 3.8) is 0 Å². The molecular weight excluding hydrogens is 414 g/mol. The van der Waals surface area contributed by atoms with E-state index in [4.69, 9.17) is 14.7 Å².